The fourth-order valence-electron chi connectivity index (χ4n) is 1.56. The zero-order valence-electron chi connectivity index (χ0n) is 9.45. The summed E-state index contributed by atoms with van der Waals surface area (Å²) in [5.41, 5.74) is 1.17. The molecule has 0 amide bonds. The lowest BCUT2D eigenvalue weighted by molar-refractivity contribution is 0.0698. The molecular weight excluding hydrogens is 309 g/mol. The van der Waals surface area contributed by atoms with E-state index >= 15 is 0 Å². The van der Waals surface area contributed by atoms with Gasteiger partial charge < -0.3 is 10.4 Å². The van der Waals surface area contributed by atoms with Crippen molar-refractivity contribution in [2.45, 2.75) is 0 Å². The molecule has 3 nitrogen and oxygen atoms in total. The molecule has 0 aliphatic carbocycles. The number of carbonyl (C=O) groups is 1. The molecule has 0 radical (unpaired) electrons. The zero-order valence-corrected chi connectivity index (χ0v) is 11.7. The van der Waals surface area contributed by atoms with Crippen molar-refractivity contribution in [1.29, 1.82) is 0 Å². The first-order valence-corrected chi connectivity index (χ1v) is 6.36. The third kappa shape index (κ3) is 3.13. The summed E-state index contributed by atoms with van der Waals surface area (Å²) >= 11 is 17.7. The molecule has 2 aromatic rings. The van der Waals surface area contributed by atoms with E-state index in [0.717, 1.165) is 0 Å². The Balaban J connectivity index is 2.39. The minimum Gasteiger partial charge on any atom is -0.478 e. The van der Waals surface area contributed by atoms with Gasteiger partial charge in [-0.3, -0.25) is 0 Å². The number of aromatic carboxylic acids is 1. The summed E-state index contributed by atoms with van der Waals surface area (Å²) in [6, 6.07) is 9.69. The summed E-state index contributed by atoms with van der Waals surface area (Å²) in [4.78, 5) is 11.1. The van der Waals surface area contributed by atoms with E-state index in [9.17, 15) is 4.79 Å². The number of carboxylic acid groups (broad SMARTS) is 1. The Labute approximate surface area is 124 Å². The average Bonchev–Trinajstić information content (AvgIpc) is 2.36. The molecule has 0 saturated carbocycles. The maximum absolute atomic E-state index is 11.1. The number of nitrogens with one attached hydrogen (secondary N) is 1. The van der Waals surface area contributed by atoms with Crippen molar-refractivity contribution in [3.8, 4) is 0 Å². The van der Waals surface area contributed by atoms with Crippen LogP contribution in [0, 0.1) is 0 Å². The molecule has 0 aromatic heterocycles. The van der Waals surface area contributed by atoms with E-state index in [0.29, 0.717) is 21.4 Å². The maximum atomic E-state index is 11.1. The molecule has 98 valence electrons. The van der Waals surface area contributed by atoms with Crippen LogP contribution in [0.2, 0.25) is 15.1 Å². The zero-order chi connectivity index (χ0) is 14.0. The van der Waals surface area contributed by atoms with Crippen molar-refractivity contribution in [1.82, 2.24) is 0 Å². The van der Waals surface area contributed by atoms with Crippen LogP contribution in [-0.2, 0) is 0 Å². The predicted octanol–water partition coefficient (Wildman–Crippen LogP) is 5.09. The van der Waals surface area contributed by atoms with E-state index in [4.69, 9.17) is 39.9 Å². The van der Waals surface area contributed by atoms with Crippen molar-refractivity contribution in [2.24, 2.45) is 0 Å². The Kier molecular flexibility index (Phi) is 4.20. The van der Waals surface area contributed by atoms with Gasteiger partial charge in [0.05, 0.1) is 26.3 Å². The van der Waals surface area contributed by atoms with E-state index in [2.05, 4.69) is 5.32 Å². The van der Waals surface area contributed by atoms with Crippen molar-refractivity contribution in [3.63, 3.8) is 0 Å². The van der Waals surface area contributed by atoms with Gasteiger partial charge in [-0.2, -0.15) is 0 Å². The molecule has 2 rings (SSSR count). The highest BCUT2D eigenvalue weighted by molar-refractivity contribution is 6.48. The van der Waals surface area contributed by atoms with Gasteiger partial charge in [0.25, 0.3) is 0 Å². The summed E-state index contributed by atoms with van der Waals surface area (Å²) < 4.78 is 0. The van der Waals surface area contributed by atoms with Crippen LogP contribution in [0.3, 0.4) is 0 Å². The standard InChI is InChI=1S/C13H8Cl3NO2/c14-9-5-7(6-10(15)12(9)16)17-11-4-2-1-3-8(11)13(18)19/h1-6,17H,(H,18,19). The molecule has 2 aromatic carbocycles. The highest BCUT2D eigenvalue weighted by Gasteiger charge is 2.11. The number of hydrogen-bond donors (Lipinski definition) is 2. The topological polar surface area (TPSA) is 49.3 Å². The fraction of sp³-hybridized carbons (Fsp3) is 0. The molecule has 6 heteroatoms. The summed E-state index contributed by atoms with van der Waals surface area (Å²) in [6.07, 6.45) is 0. The van der Waals surface area contributed by atoms with Crippen molar-refractivity contribution in [2.75, 3.05) is 5.32 Å². The van der Waals surface area contributed by atoms with Crippen LogP contribution < -0.4 is 5.32 Å². The summed E-state index contributed by atoms with van der Waals surface area (Å²) in [5.74, 6) is -1.02. The molecule has 0 bridgehead atoms. The second-order valence-electron chi connectivity index (χ2n) is 3.73. The lowest BCUT2D eigenvalue weighted by Crippen LogP contribution is -2.02. The van der Waals surface area contributed by atoms with Crippen LogP contribution in [-0.4, -0.2) is 11.1 Å². The van der Waals surface area contributed by atoms with Crippen LogP contribution in [0.1, 0.15) is 10.4 Å². The highest BCUT2D eigenvalue weighted by Crippen LogP contribution is 2.34. The smallest absolute Gasteiger partial charge is 0.337 e. The molecule has 0 fully saturated rings. The Bertz CT molecular complexity index is 621. The van der Waals surface area contributed by atoms with Crippen LogP contribution in [0.4, 0.5) is 11.4 Å². The molecule has 0 heterocycles. The molecule has 2 N–H and O–H groups in total. The van der Waals surface area contributed by atoms with Gasteiger partial charge in [0.15, 0.2) is 0 Å². The normalized spacial score (nSPS) is 10.3. The monoisotopic (exact) mass is 315 g/mol. The molecule has 0 aliphatic rings. The Morgan fingerprint density at radius 2 is 1.63 bits per heavy atom. The molecule has 0 aliphatic heterocycles. The lowest BCUT2D eigenvalue weighted by Gasteiger charge is -2.11. The van der Waals surface area contributed by atoms with Gasteiger partial charge in [-0.05, 0) is 24.3 Å². The van der Waals surface area contributed by atoms with E-state index in [-0.39, 0.29) is 10.6 Å². The SMILES string of the molecule is O=C(O)c1ccccc1Nc1cc(Cl)c(Cl)c(Cl)c1. The third-order valence-corrected chi connectivity index (χ3v) is 3.62. The first-order chi connectivity index (χ1) is 8.99. The number of hydrogen-bond acceptors (Lipinski definition) is 2. The number of halogens is 3. The van der Waals surface area contributed by atoms with Gasteiger partial charge in [-0.25, -0.2) is 4.79 Å². The van der Waals surface area contributed by atoms with E-state index < -0.39 is 5.97 Å². The van der Waals surface area contributed by atoms with Gasteiger partial charge in [0, 0.05) is 5.69 Å². The van der Waals surface area contributed by atoms with Crippen LogP contribution >= 0.6 is 34.8 Å². The Morgan fingerprint density at radius 3 is 2.21 bits per heavy atom. The number of para-hydroxylation sites is 1. The Morgan fingerprint density at radius 1 is 1.05 bits per heavy atom. The van der Waals surface area contributed by atoms with E-state index in [1.165, 1.54) is 6.07 Å². The van der Waals surface area contributed by atoms with E-state index in [1.54, 1.807) is 30.3 Å². The Hall–Kier alpha value is -1.42. The molecule has 19 heavy (non-hydrogen) atoms. The summed E-state index contributed by atoms with van der Waals surface area (Å²) in [6.45, 7) is 0. The van der Waals surface area contributed by atoms with Gasteiger partial charge in [0.1, 0.15) is 0 Å². The number of rotatable bonds is 3. The summed E-state index contributed by atoms with van der Waals surface area (Å²) in [5, 5.41) is 12.9. The van der Waals surface area contributed by atoms with Gasteiger partial charge >= 0.3 is 5.97 Å². The second kappa shape index (κ2) is 5.70. The van der Waals surface area contributed by atoms with Crippen LogP contribution in [0.5, 0.6) is 0 Å². The molecule has 0 saturated heterocycles. The lowest BCUT2D eigenvalue weighted by atomic mass is 10.1. The minimum atomic E-state index is -1.02. The maximum Gasteiger partial charge on any atom is 0.337 e. The largest absolute Gasteiger partial charge is 0.478 e. The van der Waals surface area contributed by atoms with Gasteiger partial charge in [-0.15, -0.1) is 0 Å². The number of benzene rings is 2. The highest BCUT2D eigenvalue weighted by atomic mass is 35.5. The first kappa shape index (κ1) is 14.0. The minimum absolute atomic E-state index is 0.157. The fourth-order valence-corrected chi connectivity index (χ4v) is 2.16. The van der Waals surface area contributed by atoms with Crippen molar-refractivity contribution >= 4 is 52.1 Å². The van der Waals surface area contributed by atoms with Gasteiger partial charge in [0.2, 0.25) is 0 Å². The predicted molar refractivity (Wildman–Crippen MR) is 78.2 cm³/mol. The third-order valence-electron chi connectivity index (χ3n) is 2.42. The number of carboxylic acids is 1. The second-order valence-corrected chi connectivity index (χ2v) is 4.92. The quantitative estimate of drug-likeness (QED) is 0.776. The first-order valence-electron chi connectivity index (χ1n) is 5.23. The molecular formula is C13H8Cl3NO2. The number of anilines is 2. The van der Waals surface area contributed by atoms with Crippen molar-refractivity contribution < 1.29 is 9.90 Å². The van der Waals surface area contributed by atoms with E-state index in [1.807, 2.05) is 0 Å². The van der Waals surface area contributed by atoms with Crippen LogP contribution in [0.15, 0.2) is 36.4 Å². The molecule has 0 atom stereocenters. The van der Waals surface area contributed by atoms with Gasteiger partial charge in [-0.1, -0.05) is 46.9 Å². The molecule has 0 unspecified atom stereocenters. The van der Waals surface area contributed by atoms with Crippen molar-refractivity contribution in [3.05, 3.63) is 57.0 Å². The summed E-state index contributed by atoms with van der Waals surface area (Å²) in [7, 11) is 0. The van der Waals surface area contributed by atoms with Crippen LogP contribution in [0.25, 0.3) is 0 Å². The average molecular weight is 317 g/mol. The molecule has 0 spiro atoms.